The molecule has 0 aliphatic carbocycles. The molecule has 5 heteroatoms. The molecule has 0 aliphatic rings. The van der Waals surface area contributed by atoms with E-state index in [9.17, 15) is 4.39 Å². The van der Waals surface area contributed by atoms with Gasteiger partial charge in [-0.1, -0.05) is 24.2 Å². The SMILES string of the molecule is CCCNCc1cc(COc2ccccc2F)on1. The molecule has 1 aromatic carbocycles. The first-order chi connectivity index (χ1) is 9.29. The molecule has 4 nitrogen and oxygen atoms in total. The van der Waals surface area contributed by atoms with Crippen LogP contribution in [-0.4, -0.2) is 11.7 Å². The molecule has 0 saturated heterocycles. The highest BCUT2D eigenvalue weighted by atomic mass is 19.1. The number of hydrogen-bond donors (Lipinski definition) is 1. The van der Waals surface area contributed by atoms with Gasteiger partial charge in [0.1, 0.15) is 6.61 Å². The molecular formula is C14H17FN2O2. The molecule has 2 rings (SSSR count). The van der Waals surface area contributed by atoms with Gasteiger partial charge in [0.05, 0.1) is 5.69 Å². The number of para-hydroxylation sites is 1. The van der Waals surface area contributed by atoms with E-state index in [-0.39, 0.29) is 18.2 Å². The number of benzene rings is 1. The van der Waals surface area contributed by atoms with Crippen molar-refractivity contribution in [1.82, 2.24) is 10.5 Å². The van der Waals surface area contributed by atoms with E-state index >= 15 is 0 Å². The molecular weight excluding hydrogens is 247 g/mol. The molecule has 0 amide bonds. The Morgan fingerprint density at radius 1 is 1.37 bits per heavy atom. The summed E-state index contributed by atoms with van der Waals surface area (Å²) < 4.78 is 23.8. The molecule has 1 heterocycles. The molecule has 2 aromatic rings. The van der Waals surface area contributed by atoms with Crippen molar-refractivity contribution < 1.29 is 13.7 Å². The van der Waals surface area contributed by atoms with Crippen molar-refractivity contribution in [3.63, 3.8) is 0 Å². The van der Waals surface area contributed by atoms with E-state index in [0.717, 1.165) is 18.7 Å². The largest absolute Gasteiger partial charge is 0.482 e. The van der Waals surface area contributed by atoms with Gasteiger partial charge in [-0.3, -0.25) is 0 Å². The fourth-order valence-electron chi connectivity index (χ4n) is 1.61. The number of halogens is 1. The molecule has 0 fully saturated rings. The van der Waals surface area contributed by atoms with Crippen molar-refractivity contribution >= 4 is 0 Å². The predicted molar refractivity (Wildman–Crippen MR) is 69.2 cm³/mol. The molecule has 0 unspecified atom stereocenters. The number of rotatable bonds is 7. The zero-order chi connectivity index (χ0) is 13.5. The summed E-state index contributed by atoms with van der Waals surface area (Å²) in [6.07, 6.45) is 1.07. The average Bonchev–Trinajstić information content (AvgIpc) is 2.86. The highest BCUT2D eigenvalue weighted by Gasteiger charge is 2.06. The lowest BCUT2D eigenvalue weighted by Gasteiger charge is -2.03. The van der Waals surface area contributed by atoms with Crippen molar-refractivity contribution in [3.8, 4) is 5.75 Å². The van der Waals surface area contributed by atoms with Gasteiger partial charge in [0.25, 0.3) is 0 Å². The van der Waals surface area contributed by atoms with Crippen LogP contribution in [-0.2, 0) is 13.2 Å². The molecule has 19 heavy (non-hydrogen) atoms. The molecule has 0 spiro atoms. The summed E-state index contributed by atoms with van der Waals surface area (Å²) in [5.41, 5.74) is 0.820. The van der Waals surface area contributed by atoms with Gasteiger partial charge in [0.2, 0.25) is 0 Å². The summed E-state index contributed by atoms with van der Waals surface area (Å²) in [6.45, 7) is 3.87. The zero-order valence-electron chi connectivity index (χ0n) is 10.9. The first-order valence-electron chi connectivity index (χ1n) is 6.32. The number of nitrogens with zero attached hydrogens (tertiary/aromatic N) is 1. The summed E-state index contributed by atoms with van der Waals surface area (Å²) in [5, 5.41) is 7.14. The predicted octanol–water partition coefficient (Wildman–Crippen LogP) is 2.89. The van der Waals surface area contributed by atoms with Crippen LogP contribution in [0.4, 0.5) is 4.39 Å². The molecule has 0 radical (unpaired) electrons. The van der Waals surface area contributed by atoms with Gasteiger partial charge in [-0.25, -0.2) is 4.39 Å². The summed E-state index contributed by atoms with van der Waals surface area (Å²) >= 11 is 0. The lowest BCUT2D eigenvalue weighted by Crippen LogP contribution is -2.13. The highest BCUT2D eigenvalue weighted by molar-refractivity contribution is 5.23. The number of hydrogen-bond acceptors (Lipinski definition) is 4. The van der Waals surface area contributed by atoms with Gasteiger partial charge in [-0.15, -0.1) is 0 Å². The summed E-state index contributed by atoms with van der Waals surface area (Å²) in [7, 11) is 0. The summed E-state index contributed by atoms with van der Waals surface area (Å²) in [6, 6.07) is 8.09. The number of nitrogens with one attached hydrogen (secondary N) is 1. The standard InChI is InChI=1S/C14H17FN2O2/c1-2-7-16-9-11-8-12(19-17-11)10-18-14-6-4-3-5-13(14)15/h3-6,8,16H,2,7,9-10H2,1H3. The van der Waals surface area contributed by atoms with Crippen LogP contribution in [0.3, 0.4) is 0 Å². The van der Waals surface area contributed by atoms with Gasteiger partial charge < -0.3 is 14.6 Å². The Hall–Kier alpha value is -1.88. The van der Waals surface area contributed by atoms with E-state index in [1.165, 1.54) is 6.07 Å². The lowest BCUT2D eigenvalue weighted by atomic mass is 10.3. The minimum atomic E-state index is -0.383. The van der Waals surface area contributed by atoms with Gasteiger partial charge in [0.15, 0.2) is 17.3 Å². The van der Waals surface area contributed by atoms with Crippen LogP contribution in [0.25, 0.3) is 0 Å². The lowest BCUT2D eigenvalue weighted by molar-refractivity contribution is 0.239. The first-order valence-corrected chi connectivity index (χ1v) is 6.32. The van der Waals surface area contributed by atoms with Crippen LogP contribution in [0, 0.1) is 5.82 Å². The molecule has 1 aromatic heterocycles. The van der Waals surface area contributed by atoms with Crippen molar-refractivity contribution in [3.05, 3.63) is 47.6 Å². The minimum Gasteiger partial charge on any atom is -0.482 e. The van der Waals surface area contributed by atoms with Crippen molar-refractivity contribution in [2.45, 2.75) is 26.5 Å². The maximum absolute atomic E-state index is 13.3. The van der Waals surface area contributed by atoms with E-state index in [2.05, 4.69) is 17.4 Å². The summed E-state index contributed by atoms with van der Waals surface area (Å²) in [5.74, 6) is 0.410. The van der Waals surface area contributed by atoms with Crippen molar-refractivity contribution in [2.24, 2.45) is 0 Å². The second kappa shape index (κ2) is 6.89. The number of ether oxygens (including phenoxy) is 1. The molecule has 0 saturated carbocycles. The Morgan fingerprint density at radius 2 is 2.21 bits per heavy atom. The highest BCUT2D eigenvalue weighted by Crippen LogP contribution is 2.17. The van der Waals surface area contributed by atoms with E-state index in [4.69, 9.17) is 9.26 Å². The topological polar surface area (TPSA) is 47.3 Å². The normalized spacial score (nSPS) is 10.6. The van der Waals surface area contributed by atoms with Gasteiger partial charge in [0, 0.05) is 12.6 Å². The van der Waals surface area contributed by atoms with Crippen LogP contribution in [0.2, 0.25) is 0 Å². The Balaban J connectivity index is 1.85. The molecule has 102 valence electrons. The Morgan fingerprint density at radius 3 is 3.00 bits per heavy atom. The van der Waals surface area contributed by atoms with Crippen LogP contribution in [0.1, 0.15) is 24.8 Å². The fourth-order valence-corrected chi connectivity index (χ4v) is 1.61. The number of aromatic nitrogens is 1. The van der Waals surface area contributed by atoms with Gasteiger partial charge in [-0.05, 0) is 25.1 Å². The van der Waals surface area contributed by atoms with E-state index in [1.54, 1.807) is 18.2 Å². The van der Waals surface area contributed by atoms with Crippen molar-refractivity contribution in [1.29, 1.82) is 0 Å². The van der Waals surface area contributed by atoms with Crippen LogP contribution < -0.4 is 10.1 Å². The third-order valence-electron chi connectivity index (χ3n) is 2.55. The monoisotopic (exact) mass is 264 g/mol. The fraction of sp³-hybridized carbons (Fsp3) is 0.357. The molecule has 0 aliphatic heterocycles. The van der Waals surface area contributed by atoms with E-state index in [0.29, 0.717) is 12.3 Å². The second-order valence-electron chi connectivity index (χ2n) is 4.18. The van der Waals surface area contributed by atoms with Crippen molar-refractivity contribution in [2.75, 3.05) is 6.54 Å². The maximum Gasteiger partial charge on any atom is 0.174 e. The smallest absolute Gasteiger partial charge is 0.174 e. The summed E-state index contributed by atoms with van der Waals surface area (Å²) in [4.78, 5) is 0. The Labute approximate surface area is 111 Å². The quantitative estimate of drug-likeness (QED) is 0.781. The Bertz CT molecular complexity index is 514. The third kappa shape index (κ3) is 4.06. The van der Waals surface area contributed by atoms with E-state index in [1.807, 2.05) is 6.07 Å². The van der Waals surface area contributed by atoms with Gasteiger partial charge >= 0.3 is 0 Å². The molecule has 0 bridgehead atoms. The minimum absolute atomic E-state index is 0.168. The Kier molecular flexibility index (Phi) is 4.92. The first kappa shape index (κ1) is 13.5. The third-order valence-corrected chi connectivity index (χ3v) is 2.55. The molecule has 0 atom stereocenters. The van der Waals surface area contributed by atoms with E-state index < -0.39 is 0 Å². The van der Waals surface area contributed by atoms with Crippen LogP contribution >= 0.6 is 0 Å². The maximum atomic E-state index is 13.3. The van der Waals surface area contributed by atoms with Crippen LogP contribution in [0.15, 0.2) is 34.9 Å². The second-order valence-corrected chi connectivity index (χ2v) is 4.18. The molecule has 1 N–H and O–H groups in total. The zero-order valence-corrected chi connectivity index (χ0v) is 10.9. The van der Waals surface area contributed by atoms with Gasteiger partial charge in [-0.2, -0.15) is 0 Å². The average molecular weight is 264 g/mol. The van der Waals surface area contributed by atoms with Crippen LogP contribution in [0.5, 0.6) is 5.75 Å².